The van der Waals surface area contributed by atoms with Crippen molar-refractivity contribution < 1.29 is 0 Å². The first-order valence-corrected chi connectivity index (χ1v) is 7.10. The number of aryl methyl sites for hydroxylation is 1. The van der Waals surface area contributed by atoms with Crippen molar-refractivity contribution in [1.82, 2.24) is 9.88 Å². The van der Waals surface area contributed by atoms with Gasteiger partial charge in [0.2, 0.25) is 0 Å². The molecule has 0 saturated carbocycles. The van der Waals surface area contributed by atoms with Crippen molar-refractivity contribution in [2.75, 3.05) is 38.1 Å². The average Bonchev–Trinajstić information content (AvgIpc) is 2.97. The highest BCUT2D eigenvalue weighted by molar-refractivity contribution is 5.48. The fourth-order valence-corrected chi connectivity index (χ4v) is 3.60. The Labute approximate surface area is 110 Å². The predicted octanol–water partition coefficient (Wildman–Crippen LogP) is 2.18. The zero-order valence-corrected chi connectivity index (χ0v) is 11.5. The van der Waals surface area contributed by atoms with E-state index in [1.165, 1.54) is 50.4 Å². The number of aromatic nitrogens is 1. The summed E-state index contributed by atoms with van der Waals surface area (Å²) in [5.41, 5.74) is 1.93. The molecule has 2 aliphatic rings. The number of hydrogen-bond donors (Lipinski definition) is 0. The van der Waals surface area contributed by atoms with E-state index in [1.54, 1.807) is 0 Å². The fraction of sp³-hybridized carbons (Fsp3) is 0.667. The van der Waals surface area contributed by atoms with Gasteiger partial charge in [0.05, 0.1) is 0 Å². The first-order chi connectivity index (χ1) is 8.72. The van der Waals surface area contributed by atoms with Gasteiger partial charge in [-0.15, -0.1) is 0 Å². The van der Waals surface area contributed by atoms with E-state index in [4.69, 9.17) is 0 Å². The summed E-state index contributed by atoms with van der Waals surface area (Å²) in [6.07, 6.45) is 5.69. The third-order valence-corrected chi connectivity index (χ3v) is 4.62. The first kappa shape index (κ1) is 12.0. The lowest BCUT2D eigenvalue weighted by molar-refractivity contribution is 0.312. The SMILES string of the molecule is CCc1cccnc1N1CCC2(CCN(C)C2)C1. The van der Waals surface area contributed by atoms with Crippen LogP contribution in [0.2, 0.25) is 0 Å². The van der Waals surface area contributed by atoms with E-state index in [1.807, 2.05) is 6.20 Å². The van der Waals surface area contributed by atoms with Crippen molar-refractivity contribution in [3.63, 3.8) is 0 Å². The minimum Gasteiger partial charge on any atom is -0.356 e. The van der Waals surface area contributed by atoms with Gasteiger partial charge in [0, 0.05) is 31.2 Å². The van der Waals surface area contributed by atoms with Crippen LogP contribution in [0.25, 0.3) is 0 Å². The smallest absolute Gasteiger partial charge is 0.131 e. The number of nitrogens with zero attached hydrogens (tertiary/aromatic N) is 3. The van der Waals surface area contributed by atoms with Gasteiger partial charge in [-0.1, -0.05) is 13.0 Å². The highest BCUT2D eigenvalue weighted by atomic mass is 15.2. The lowest BCUT2D eigenvalue weighted by Crippen LogP contribution is -2.30. The summed E-state index contributed by atoms with van der Waals surface area (Å²) in [4.78, 5) is 9.60. The van der Waals surface area contributed by atoms with Crippen LogP contribution in [-0.4, -0.2) is 43.1 Å². The number of anilines is 1. The summed E-state index contributed by atoms with van der Waals surface area (Å²) < 4.78 is 0. The molecule has 1 aromatic rings. The Balaban J connectivity index is 1.79. The molecule has 0 aliphatic carbocycles. The van der Waals surface area contributed by atoms with Gasteiger partial charge in [-0.05, 0) is 44.5 Å². The number of likely N-dealkylation sites (tertiary alicyclic amines) is 1. The molecular weight excluding hydrogens is 222 g/mol. The minimum absolute atomic E-state index is 0.539. The zero-order chi connectivity index (χ0) is 12.6. The van der Waals surface area contributed by atoms with Gasteiger partial charge >= 0.3 is 0 Å². The van der Waals surface area contributed by atoms with Crippen LogP contribution in [0.3, 0.4) is 0 Å². The number of pyridine rings is 1. The maximum Gasteiger partial charge on any atom is 0.131 e. The molecule has 0 amide bonds. The van der Waals surface area contributed by atoms with Gasteiger partial charge in [-0.2, -0.15) is 0 Å². The van der Waals surface area contributed by atoms with E-state index < -0.39 is 0 Å². The van der Waals surface area contributed by atoms with Gasteiger partial charge in [0.25, 0.3) is 0 Å². The van der Waals surface area contributed by atoms with E-state index in [0.29, 0.717) is 5.41 Å². The highest BCUT2D eigenvalue weighted by Crippen LogP contribution is 2.40. The Hall–Kier alpha value is -1.09. The van der Waals surface area contributed by atoms with Crippen LogP contribution >= 0.6 is 0 Å². The van der Waals surface area contributed by atoms with Crippen LogP contribution in [0, 0.1) is 5.41 Å². The van der Waals surface area contributed by atoms with Crippen LogP contribution in [0.4, 0.5) is 5.82 Å². The molecule has 3 nitrogen and oxygen atoms in total. The van der Waals surface area contributed by atoms with Crippen molar-refractivity contribution >= 4 is 5.82 Å². The monoisotopic (exact) mass is 245 g/mol. The third-order valence-electron chi connectivity index (χ3n) is 4.62. The lowest BCUT2D eigenvalue weighted by atomic mass is 9.86. The van der Waals surface area contributed by atoms with Crippen molar-refractivity contribution in [3.05, 3.63) is 23.9 Å². The largest absolute Gasteiger partial charge is 0.356 e. The molecule has 3 heterocycles. The lowest BCUT2D eigenvalue weighted by Gasteiger charge is -2.25. The maximum atomic E-state index is 4.62. The molecule has 3 rings (SSSR count). The summed E-state index contributed by atoms with van der Waals surface area (Å²) in [5.74, 6) is 1.23. The van der Waals surface area contributed by atoms with Crippen LogP contribution in [0.5, 0.6) is 0 Å². The maximum absolute atomic E-state index is 4.62. The minimum atomic E-state index is 0.539. The van der Waals surface area contributed by atoms with Crippen molar-refractivity contribution in [2.24, 2.45) is 5.41 Å². The molecule has 2 aliphatic heterocycles. The van der Waals surface area contributed by atoms with Crippen LogP contribution in [0.15, 0.2) is 18.3 Å². The van der Waals surface area contributed by atoms with Crippen LogP contribution < -0.4 is 4.90 Å². The fourth-order valence-electron chi connectivity index (χ4n) is 3.60. The van der Waals surface area contributed by atoms with Gasteiger partial charge in [-0.3, -0.25) is 0 Å². The van der Waals surface area contributed by atoms with Crippen molar-refractivity contribution in [3.8, 4) is 0 Å². The molecule has 3 heteroatoms. The van der Waals surface area contributed by atoms with E-state index in [-0.39, 0.29) is 0 Å². The summed E-state index contributed by atoms with van der Waals surface area (Å²) >= 11 is 0. The predicted molar refractivity (Wildman–Crippen MR) is 75.0 cm³/mol. The van der Waals surface area contributed by atoms with Crippen LogP contribution in [-0.2, 0) is 6.42 Å². The average molecular weight is 245 g/mol. The van der Waals surface area contributed by atoms with Gasteiger partial charge < -0.3 is 9.80 Å². The standard InChI is InChI=1S/C15H23N3/c1-3-13-5-4-8-16-14(13)18-10-7-15(12-18)6-9-17(2)11-15/h4-5,8H,3,6-7,9-12H2,1-2H3. The summed E-state index contributed by atoms with van der Waals surface area (Å²) in [7, 11) is 2.25. The van der Waals surface area contributed by atoms with E-state index in [9.17, 15) is 0 Å². The Kier molecular flexibility index (Phi) is 3.02. The third kappa shape index (κ3) is 2.01. The molecule has 0 N–H and O–H groups in total. The molecule has 0 bridgehead atoms. The quantitative estimate of drug-likeness (QED) is 0.796. The normalized spacial score (nSPS) is 28.4. The van der Waals surface area contributed by atoms with Crippen molar-refractivity contribution in [1.29, 1.82) is 0 Å². The molecule has 2 saturated heterocycles. The number of rotatable bonds is 2. The molecule has 0 aromatic carbocycles. The Morgan fingerprint density at radius 2 is 2.11 bits per heavy atom. The zero-order valence-electron chi connectivity index (χ0n) is 11.5. The molecule has 98 valence electrons. The van der Waals surface area contributed by atoms with Gasteiger partial charge in [0.1, 0.15) is 5.82 Å². The highest BCUT2D eigenvalue weighted by Gasteiger charge is 2.42. The molecule has 1 spiro atoms. The summed E-state index contributed by atoms with van der Waals surface area (Å²) in [6, 6.07) is 4.27. The molecule has 1 aromatic heterocycles. The van der Waals surface area contributed by atoms with Crippen molar-refractivity contribution in [2.45, 2.75) is 26.2 Å². The summed E-state index contributed by atoms with van der Waals surface area (Å²) in [5, 5.41) is 0. The second-order valence-electron chi connectivity index (χ2n) is 6.00. The van der Waals surface area contributed by atoms with E-state index >= 15 is 0 Å². The van der Waals surface area contributed by atoms with E-state index in [0.717, 1.165) is 6.42 Å². The molecular formula is C15H23N3. The Morgan fingerprint density at radius 1 is 1.28 bits per heavy atom. The second kappa shape index (κ2) is 4.54. The Bertz CT molecular complexity index is 432. The molecule has 0 radical (unpaired) electrons. The van der Waals surface area contributed by atoms with E-state index in [2.05, 4.69) is 40.9 Å². The van der Waals surface area contributed by atoms with Gasteiger partial charge in [-0.25, -0.2) is 4.98 Å². The molecule has 1 unspecified atom stereocenters. The molecule has 1 atom stereocenters. The summed E-state index contributed by atoms with van der Waals surface area (Å²) in [6.45, 7) is 7.11. The number of hydrogen-bond acceptors (Lipinski definition) is 3. The van der Waals surface area contributed by atoms with Gasteiger partial charge in [0.15, 0.2) is 0 Å². The second-order valence-corrected chi connectivity index (χ2v) is 6.00. The van der Waals surface area contributed by atoms with Crippen LogP contribution in [0.1, 0.15) is 25.3 Å². The first-order valence-electron chi connectivity index (χ1n) is 7.10. The Morgan fingerprint density at radius 3 is 2.83 bits per heavy atom. The topological polar surface area (TPSA) is 19.4 Å². The molecule has 2 fully saturated rings. The molecule has 18 heavy (non-hydrogen) atoms.